The molecule has 20 heteroatoms. The van der Waals surface area contributed by atoms with Crippen LogP contribution in [0.1, 0.15) is 6.92 Å². The molecule has 1 saturated heterocycles. The van der Waals surface area contributed by atoms with Gasteiger partial charge in [0.05, 0.1) is 0 Å². The molecule has 2 unspecified atom stereocenters. The lowest BCUT2D eigenvalue weighted by molar-refractivity contribution is -0.207. The number of ether oxygens (including phenoxy) is 1. The summed E-state index contributed by atoms with van der Waals surface area (Å²) in [4.78, 5) is 40.0. The van der Waals surface area contributed by atoms with Gasteiger partial charge in [0.2, 0.25) is 0 Å². The largest absolute Gasteiger partial charge is 0.490 e. The Balaban J connectivity index is 2.15. The zero-order valence-corrected chi connectivity index (χ0v) is 18.1. The van der Waals surface area contributed by atoms with Gasteiger partial charge < -0.3 is 40.1 Å². The molecule has 0 amide bonds. The van der Waals surface area contributed by atoms with Crippen molar-refractivity contribution in [2.24, 2.45) is 10.7 Å². The van der Waals surface area contributed by atoms with E-state index in [9.17, 15) is 23.7 Å². The van der Waals surface area contributed by atoms with Gasteiger partial charge in [-0.25, -0.2) is 27.5 Å². The van der Waals surface area contributed by atoms with Crippen LogP contribution in [-0.2, 0) is 31.6 Å². The molecule has 2 heterocycles. The summed E-state index contributed by atoms with van der Waals surface area (Å²) in [7, 11) is -17.3. The standard InChI is InChI=1S/C11H18F2N3O12P3/c1-6-15-7(14)3-4-16(6)9-10(2,12)8(17)11(13,26-9)5-25-30(21,22)28-31(23,24)27-29(18,19)20/h3-4,8-9,17H,1,5H2,2H3,(H2,14,15)(H,21,22)(H,23,24)(H2,18,19,20)/t8-,9+,10+,11+/m0/s1. The van der Waals surface area contributed by atoms with Crippen molar-refractivity contribution in [1.82, 2.24) is 4.90 Å². The fourth-order valence-corrected chi connectivity index (χ4v) is 5.57. The highest BCUT2D eigenvalue weighted by Crippen LogP contribution is 2.66. The molecule has 7 N–H and O–H groups in total. The van der Waals surface area contributed by atoms with Crippen LogP contribution in [0, 0.1) is 0 Å². The first-order valence-corrected chi connectivity index (χ1v) is 12.3. The average molecular weight is 515 g/mol. The second-order valence-corrected chi connectivity index (χ2v) is 10.8. The second-order valence-electron chi connectivity index (χ2n) is 6.35. The number of nitrogens with two attached hydrogens (primary N) is 1. The van der Waals surface area contributed by atoms with E-state index in [1.807, 2.05) is 0 Å². The topological polar surface area (TPSA) is 231 Å². The molecule has 2 aliphatic rings. The van der Waals surface area contributed by atoms with Crippen molar-refractivity contribution in [3.8, 4) is 0 Å². The number of aliphatic hydroxyl groups is 1. The molecular weight excluding hydrogens is 497 g/mol. The van der Waals surface area contributed by atoms with Crippen LogP contribution < -0.4 is 5.73 Å². The highest BCUT2D eigenvalue weighted by atomic mass is 31.3. The molecule has 2 aliphatic heterocycles. The average Bonchev–Trinajstić information content (AvgIpc) is 2.71. The van der Waals surface area contributed by atoms with Gasteiger partial charge in [-0.3, -0.25) is 4.52 Å². The Hall–Kier alpha value is -1.06. The predicted molar refractivity (Wildman–Crippen MR) is 95.8 cm³/mol. The Kier molecular flexibility index (Phi) is 7.08. The number of aliphatic imine (C=N–C) groups is 1. The Labute approximate surface area is 172 Å². The zero-order chi connectivity index (χ0) is 24.0. The van der Waals surface area contributed by atoms with Crippen molar-refractivity contribution in [2.45, 2.75) is 30.8 Å². The number of halogens is 2. The Bertz CT molecular complexity index is 953. The molecule has 0 aromatic carbocycles. The Morgan fingerprint density at radius 3 is 2.35 bits per heavy atom. The van der Waals surface area contributed by atoms with E-state index in [-0.39, 0.29) is 11.7 Å². The van der Waals surface area contributed by atoms with Crippen molar-refractivity contribution in [2.75, 3.05) is 6.61 Å². The van der Waals surface area contributed by atoms with E-state index in [0.29, 0.717) is 0 Å². The SMILES string of the molecule is C=C1N=C(N)C=CN1[C@@H]1O[C@](F)(COP(=O)(O)OP(=O)(O)OP(=O)(O)O)[C@@H](O)[C@@]1(C)F. The minimum Gasteiger partial charge on any atom is -0.384 e. The van der Waals surface area contributed by atoms with Gasteiger partial charge in [0.1, 0.15) is 18.3 Å². The van der Waals surface area contributed by atoms with E-state index in [2.05, 4.69) is 24.7 Å². The fourth-order valence-electron chi connectivity index (χ4n) is 2.54. The minimum absolute atomic E-state index is 0.0143. The van der Waals surface area contributed by atoms with Crippen LogP contribution in [0.2, 0.25) is 0 Å². The van der Waals surface area contributed by atoms with Crippen molar-refractivity contribution in [3.05, 3.63) is 24.7 Å². The third-order valence-corrected chi connectivity index (χ3v) is 7.57. The quantitative estimate of drug-likeness (QED) is 0.236. The maximum Gasteiger partial charge on any atom is 0.490 e. The lowest BCUT2D eigenvalue weighted by atomic mass is 9.96. The maximum absolute atomic E-state index is 15.1. The van der Waals surface area contributed by atoms with Gasteiger partial charge >= 0.3 is 23.5 Å². The summed E-state index contributed by atoms with van der Waals surface area (Å²) < 4.78 is 79.6. The van der Waals surface area contributed by atoms with Gasteiger partial charge in [0.15, 0.2) is 18.0 Å². The summed E-state index contributed by atoms with van der Waals surface area (Å²) in [6, 6.07) is 0. The smallest absolute Gasteiger partial charge is 0.384 e. The van der Waals surface area contributed by atoms with Gasteiger partial charge in [0, 0.05) is 6.20 Å². The molecular formula is C11H18F2N3O12P3. The molecule has 0 aliphatic carbocycles. The number of hydrogen-bond acceptors (Lipinski definition) is 11. The Morgan fingerprint density at radius 1 is 1.26 bits per heavy atom. The molecule has 0 bridgehead atoms. The van der Waals surface area contributed by atoms with Crippen LogP contribution in [0.4, 0.5) is 8.78 Å². The van der Waals surface area contributed by atoms with Crippen LogP contribution in [0.5, 0.6) is 0 Å². The highest BCUT2D eigenvalue weighted by Gasteiger charge is 2.66. The normalized spacial score (nSPS) is 35.5. The van der Waals surface area contributed by atoms with E-state index < -0.39 is 53.9 Å². The molecule has 15 nitrogen and oxygen atoms in total. The molecule has 178 valence electrons. The lowest BCUT2D eigenvalue weighted by Crippen LogP contribution is -2.50. The summed E-state index contributed by atoms with van der Waals surface area (Å²) in [5.74, 6) is -3.72. The summed E-state index contributed by atoms with van der Waals surface area (Å²) in [6.45, 7) is 2.47. The molecule has 0 radical (unpaired) electrons. The van der Waals surface area contributed by atoms with Crippen molar-refractivity contribution < 1.29 is 65.0 Å². The predicted octanol–water partition coefficient (Wildman–Crippen LogP) is 0.0986. The van der Waals surface area contributed by atoms with Gasteiger partial charge in [-0.15, -0.1) is 0 Å². The summed E-state index contributed by atoms with van der Waals surface area (Å²) >= 11 is 0. The van der Waals surface area contributed by atoms with Crippen molar-refractivity contribution in [1.29, 1.82) is 0 Å². The second kappa shape index (κ2) is 8.37. The van der Waals surface area contributed by atoms with E-state index in [1.165, 1.54) is 6.08 Å². The maximum atomic E-state index is 15.1. The number of phosphoric acid groups is 3. The first-order valence-electron chi connectivity index (χ1n) is 7.80. The number of rotatable bonds is 8. The van der Waals surface area contributed by atoms with Gasteiger partial charge in [-0.1, -0.05) is 6.58 Å². The number of phosphoric ester groups is 1. The summed E-state index contributed by atoms with van der Waals surface area (Å²) in [6.07, 6.45) is -2.25. The first kappa shape index (κ1) is 26.2. The molecule has 0 aromatic heterocycles. The van der Waals surface area contributed by atoms with Gasteiger partial charge in [-0.2, -0.15) is 8.62 Å². The first-order chi connectivity index (χ1) is 13.8. The van der Waals surface area contributed by atoms with Crippen molar-refractivity contribution in [3.63, 3.8) is 0 Å². The number of amidine groups is 1. The molecule has 0 aromatic rings. The number of aliphatic hydroxyl groups excluding tert-OH is 1. The number of nitrogens with zero attached hydrogens (tertiary/aromatic N) is 2. The molecule has 6 atom stereocenters. The van der Waals surface area contributed by atoms with Crippen LogP contribution in [-0.4, -0.2) is 65.9 Å². The lowest BCUT2D eigenvalue weighted by Gasteiger charge is -2.33. The molecule has 0 spiro atoms. The fraction of sp³-hybridized carbons (Fsp3) is 0.545. The van der Waals surface area contributed by atoms with Crippen LogP contribution in [0.15, 0.2) is 29.7 Å². The zero-order valence-electron chi connectivity index (χ0n) is 15.4. The van der Waals surface area contributed by atoms with E-state index in [1.54, 1.807) is 0 Å². The molecule has 31 heavy (non-hydrogen) atoms. The van der Waals surface area contributed by atoms with E-state index >= 15 is 8.78 Å². The van der Waals surface area contributed by atoms with Crippen LogP contribution in [0.3, 0.4) is 0 Å². The van der Waals surface area contributed by atoms with Crippen molar-refractivity contribution >= 4 is 29.3 Å². The third kappa shape index (κ3) is 6.26. The third-order valence-electron chi connectivity index (χ3n) is 3.79. The Morgan fingerprint density at radius 2 is 1.84 bits per heavy atom. The minimum atomic E-state index is -5.86. The van der Waals surface area contributed by atoms with Crippen LogP contribution >= 0.6 is 23.5 Å². The van der Waals surface area contributed by atoms with Crippen LogP contribution in [0.25, 0.3) is 0 Å². The molecule has 0 saturated carbocycles. The van der Waals surface area contributed by atoms with Gasteiger partial charge in [-0.05, 0) is 13.0 Å². The monoisotopic (exact) mass is 515 g/mol. The number of hydrogen-bond donors (Lipinski definition) is 6. The molecule has 2 rings (SSSR count). The van der Waals surface area contributed by atoms with Gasteiger partial charge in [0.25, 0.3) is 5.85 Å². The summed E-state index contributed by atoms with van der Waals surface area (Å²) in [5.41, 5.74) is 2.56. The summed E-state index contributed by atoms with van der Waals surface area (Å²) in [5, 5.41) is 10.1. The number of alkyl halides is 2. The molecule has 1 fully saturated rings. The van der Waals surface area contributed by atoms with E-state index in [0.717, 1.165) is 18.0 Å². The highest BCUT2D eigenvalue weighted by molar-refractivity contribution is 7.66. The van der Waals surface area contributed by atoms with E-state index in [4.69, 9.17) is 25.2 Å².